The number of thiocarbonyl (C=S) groups is 1. The van der Waals surface area contributed by atoms with Crippen molar-refractivity contribution in [2.24, 2.45) is 0 Å². The molecule has 2 atom stereocenters. The van der Waals surface area contributed by atoms with Gasteiger partial charge in [-0.3, -0.25) is 14.5 Å². The number of rotatable bonds is 7. The van der Waals surface area contributed by atoms with E-state index < -0.39 is 0 Å². The Morgan fingerprint density at radius 2 is 1.91 bits per heavy atom. The highest BCUT2D eigenvalue weighted by Gasteiger charge is 2.33. The summed E-state index contributed by atoms with van der Waals surface area (Å²) in [6.45, 7) is 8.98. The Labute approximate surface area is 209 Å². The number of fused-ring (bicyclic) bond motifs is 1. The Hall–Kier alpha value is -2.20. The van der Waals surface area contributed by atoms with Gasteiger partial charge in [0.05, 0.1) is 33.9 Å². The lowest BCUT2D eigenvalue weighted by Gasteiger charge is -2.38. The van der Waals surface area contributed by atoms with Crippen molar-refractivity contribution in [3.8, 4) is 0 Å². The number of thioether (sulfide) groups is 1. The van der Waals surface area contributed by atoms with E-state index in [4.69, 9.17) is 21.7 Å². The second-order valence-corrected chi connectivity index (χ2v) is 10.3. The van der Waals surface area contributed by atoms with Crippen LogP contribution < -0.4 is 10.5 Å². The normalized spacial score (nSPS) is 22.4. The molecular formula is C25H31N3O4S2. The highest BCUT2D eigenvalue weighted by molar-refractivity contribution is 8.26. The van der Waals surface area contributed by atoms with Gasteiger partial charge in [0, 0.05) is 45.3 Å². The predicted octanol–water partition coefficient (Wildman–Crippen LogP) is 3.87. The fourth-order valence-corrected chi connectivity index (χ4v) is 6.04. The average molecular weight is 502 g/mol. The zero-order valence-corrected chi connectivity index (χ0v) is 21.7. The summed E-state index contributed by atoms with van der Waals surface area (Å²) in [7, 11) is 1.64. The number of ether oxygens (including phenoxy) is 2. The van der Waals surface area contributed by atoms with Gasteiger partial charge in [0.15, 0.2) is 0 Å². The third-order valence-corrected chi connectivity index (χ3v) is 7.49. The molecule has 2 aromatic rings. The number of anilines is 1. The molecule has 34 heavy (non-hydrogen) atoms. The van der Waals surface area contributed by atoms with Crippen LogP contribution in [0.5, 0.6) is 0 Å². The number of hydrogen-bond acceptors (Lipinski definition) is 7. The quantitative estimate of drug-likeness (QED) is 0.324. The van der Waals surface area contributed by atoms with Gasteiger partial charge in [-0.05, 0) is 39.3 Å². The lowest BCUT2D eigenvalue weighted by molar-refractivity contribution is -0.122. The summed E-state index contributed by atoms with van der Waals surface area (Å²) in [5.74, 6) is -0.156. The monoisotopic (exact) mass is 501 g/mol. The van der Waals surface area contributed by atoms with Crippen LogP contribution >= 0.6 is 24.0 Å². The number of hydrogen-bond donors (Lipinski definition) is 0. The molecule has 0 aliphatic carbocycles. The Balaban J connectivity index is 1.87. The Bertz CT molecular complexity index is 1180. The number of para-hydroxylation sites is 1. The minimum atomic E-state index is -0.156. The van der Waals surface area contributed by atoms with Gasteiger partial charge in [0.25, 0.3) is 11.5 Å². The number of nitrogens with zero attached hydrogens (tertiary/aromatic N) is 3. The summed E-state index contributed by atoms with van der Waals surface area (Å²) in [5.41, 5.74) is 2.17. The van der Waals surface area contributed by atoms with Gasteiger partial charge in [-0.1, -0.05) is 42.2 Å². The second kappa shape index (κ2) is 10.6. The number of amides is 1. The van der Waals surface area contributed by atoms with E-state index in [1.807, 2.05) is 45.0 Å². The van der Waals surface area contributed by atoms with Gasteiger partial charge < -0.3 is 18.9 Å². The molecule has 0 bridgehead atoms. The van der Waals surface area contributed by atoms with E-state index in [1.54, 1.807) is 22.7 Å². The molecular weight excluding hydrogens is 470 g/mol. The Kier molecular flexibility index (Phi) is 7.77. The van der Waals surface area contributed by atoms with Crippen LogP contribution in [-0.2, 0) is 20.8 Å². The zero-order chi connectivity index (χ0) is 24.4. The number of benzene rings is 1. The fourth-order valence-electron chi connectivity index (χ4n) is 4.75. The first kappa shape index (κ1) is 24.9. The van der Waals surface area contributed by atoms with Gasteiger partial charge in [0.2, 0.25) is 0 Å². The van der Waals surface area contributed by atoms with Gasteiger partial charge in [-0.15, -0.1) is 0 Å². The summed E-state index contributed by atoms with van der Waals surface area (Å²) < 4.78 is 13.4. The largest absolute Gasteiger partial charge is 0.385 e. The third-order valence-electron chi connectivity index (χ3n) is 6.11. The summed E-state index contributed by atoms with van der Waals surface area (Å²) in [6, 6.07) is 7.97. The summed E-state index contributed by atoms with van der Waals surface area (Å²) >= 11 is 6.74. The number of carbonyl (C=O) groups is 1. The summed E-state index contributed by atoms with van der Waals surface area (Å²) in [6.07, 6.45) is 2.51. The number of morpholine rings is 1. The van der Waals surface area contributed by atoms with Crippen molar-refractivity contribution in [3.63, 3.8) is 0 Å². The van der Waals surface area contributed by atoms with Crippen molar-refractivity contribution in [2.75, 3.05) is 38.3 Å². The van der Waals surface area contributed by atoms with E-state index in [0.29, 0.717) is 54.0 Å². The van der Waals surface area contributed by atoms with Gasteiger partial charge in [-0.2, -0.15) is 0 Å². The van der Waals surface area contributed by atoms with Crippen LogP contribution in [0.15, 0.2) is 34.0 Å². The van der Waals surface area contributed by atoms with E-state index in [1.165, 1.54) is 11.8 Å². The minimum absolute atomic E-state index is 0.0305. The molecule has 2 saturated heterocycles. The minimum Gasteiger partial charge on any atom is -0.385 e. The standard InChI is InChI=1S/C25H31N3O4S2/c1-5-27-20-10-7-6-9-18(20)22(26-14-16(2)32-17(3)15-26)19(23(27)29)13-21-24(30)28(25(33)34-21)11-8-12-31-4/h6-7,9-10,13,16-17H,5,8,11-12,14-15H2,1-4H3. The number of methoxy groups -OCH3 is 1. The SMILES string of the molecule is CCn1c(=O)c(C=C2SC(=S)N(CCCOC)C2=O)c(N2CC(C)OC(C)C2)c2ccccc21. The predicted molar refractivity (Wildman–Crippen MR) is 142 cm³/mol. The molecule has 0 radical (unpaired) electrons. The first-order chi connectivity index (χ1) is 16.3. The first-order valence-electron chi connectivity index (χ1n) is 11.7. The molecule has 2 fully saturated rings. The summed E-state index contributed by atoms with van der Waals surface area (Å²) in [4.78, 5) is 31.3. The number of aromatic nitrogens is 1. The van der Waals surface area contributed by atoms with Crippen molar-refractivity contribution in [1.29, 1.82) is 0 Å². The van der Waals surface area contributed by atoms with E-state index in [0.717, 1.165) is 16.6 Å². The maximum atomic E-state index is 13.8. The average Bonchev–Trinajstić information content (AvgIpc) is 3.06. The van der Waals surface area contributed by atoms with Crippen molar-refractivity contribution < 1.29 is 14.3 Å². The second-order valence-electron chi connectivity index (χ2n) is 8.67. The number of aryl methyl sites for hydroxylation is 1. The van der Waals surface area contributed by atoms with Crippen LogP contribution in [0.1, 0.15) is 32.8 Å². The number of carbonyl (C=O) groups excluding carboxylic acids is 1. The molecule has 182 valence electrons. The number of pyridine rings is 1. The van der Waals surface area contributed by atoms with Crippen molar-refractivity contribution in [1.82, 2.24) is 9.47 Å². The Morgan fingerprint density at radius 3 is 2.59 bits per heavy atom. The molecule has 9 heteroatoms. The topological polar surface area (TPSA) is 64.0 Å². The van der Waals surface area contributed by atoms with E-state index >= 15 is 0 Å². The smallest absolute Gasteiger partial charge is 0.266 e. The molecule has 1 aromatic heterocycles. The molecule has 3 heterocycles. The zero-order valence-electron chi connectivity index (χ0n) is 20.1. The molecule has 1 aromatic carbocycles. The molecule has 2 unspecified atom stereocenters. The lowest BCUT2D eigenvalue weighted by atomic mass is 10.0. The Morgan fingerprint density at radius 1 is 1.21 bits per heavy atom. The van der Waals surface area contributed by atoms with Crippen LogP contribution in [0.2, 0.25) is 0 Å². The highest BCUT2D eigenvalue weighted by atomic mass is 32.2. The van der Waals surface area contributed by atoms with Crippen LogP contribution in [-0.4, -0.2) is 65.3 Å². The van der Waals surface area contributed by atoms with E-state index in [9.17, 15) is 9.59 Å². The maximum absolute atomic E-state index is 13.8. The van der Waals surface area contributed by atoms with Crippen LogP contribution in [0, 0.1) is 0 Å². The molecule has 2 aliphatic heterocycles. The molecule has 1 amide bonds. The highest BCUT2D eigenvalue weighted by Crippen LogP contribution is 2.37. The van der Waals surface area contributed by atoms with E-state index in [-0.39, 0.29) is 23.7 Å². The maximum Gasteiger partial charge on any atom is 0.266 e. The molecule has 7 nitrogen and oxygen atoms in total. The molecule has 2 aliphatic rings. The molecule has 0 spiro atoms. The van der Waals surface area contributed by atoms with Gasteiger partial charge >= 0.3 is 0 Å². The van der Waals surface area contributed by atoms with E-state index in [2.05, 4.69) is 4.90 Å². The molecule has 0 N–H and O–H groups in total. The lowest BCUT2D eigenvalue weighted by Crippen LogP contribution is -2.46. The molecule has 4 rings (SSSR count). The van der Waals surface area contributed by atoms with Crippen LogP contribution in [0.3, 0.4) is 0 Å². The third kappa shape index (κ3) is 4.79. The van der Waals surface area contributed by atoms with Crippen LogP contribution in [0.4, 0.5) is 5.69 Å². The van der Waals surface area contributed by atoms with Crippen LogP contribution in [0.25, 0.3) is 17.0 Å². The van der Waals surface area contributed by atoms with Gasteiger partial charge in [0.1, 0.15) is 4.32 Å². The molecule has 0 saturated carbocycles. The fraction of sp³-hybridized carbons (Fsp3) is 0.480. The van der Waals surface area contributed by atoms with Crippen molar-refractivity contribution in [2.45, 2.75) is 45.9 Å². The summed E-state index contributed by atoms with van der Waals surface area (Å²) in [5, 5.41) is 0.993. The first-order valence-corrected chi connectivity index (χ1v) is 12.9. The van der Waals surface area contributed by atoms with Crippen molar-refractivity contribution in [3.05, 3.63) is 45.1 Å². The van der Waals surface area contributed by atoms with Gasteiger partial charge in [-0.25, -0.2) is 0 Å². The van der Waals surface area contributed by atoms with Crippen molar-refractivity contribution >= 4 is 56.9 Å².